The van der Waals surface area contributed by atoms with Crippen molar-refractivity contribution < 1.29 is 23.1 Å². The van der Waals surface area contributed by atoms with E-state index in [0.29, 0.717) is 10.6 Å². The van der Waals surface area contributed by atoms with Crippen molar-refractivity contribution >= 4 is 33.5 Å². The van der Waals surface area contributed by atoms with E-state index in [-0.39, 0.29) is 6.54 Å². The van der Waals surface area contributed by atoms with E-state index >= 15 is 0 Å². The summed E-state index contributed by atoms with van der Waals surface area (Å²) in [4.78, 5) is 25.5. The van der Waals surface area contributed by atoms with Crippen LogP contribution in [0.15, 0.2) is 24.3 Å². The number of carbonyl (C=O) groups excluding carboxylic acids is 1. The number of amides is 1. The molecule has 1 amide bonds. The zero-order valence-electron chi connectivity index (χ0n) is 12.6. The number of hydrogen-bond donors (Lipinski definition) is 1. The van der Waals surface area contributed by atoms with Crippen LogP contribution in [-0.4, -0.2) is 60.0 Å². The Kier molecular flexibility index (Phi) is 4.98. The minimum absolute atomic E-state index is 0.261. The van der Waals surface area contributed by atoms with Gasteiger partial charge in [0.1, 0.15) is 6.04 Å². The van der Waals surface area contributed by atoms with Crippen LogP contribution in [-0.2, 0) is 19.6 Å². The normalized spacial score (nSPS) is 23.1. The molecule has 2 atom stereocenters. The summed E-state index contributed by atoms with van der Waals surface area (Å²) in [6, 6.07) is 4.09. The Morgan fingerprint density at radius 2 is 2.09 bits per heavy atom. The first-order valence-electron chi connectivity index (χ1n) is 6.91. The maximum Gasteiger partial charge on any atom is 0.324 e. The molecule has 1 aliphatic rings. The highest BCUT2D eigenvalue weighted by molar-refractivity contribution is 7.88. The van der Waals surface area contributed by atoms with Gasteiger partial charge in [0, 0.05) is 11.6 Å². The summed E-state index contributed by atoms with van der Waals surface area (Å²) in [5.74, 6) is -1.76. The van der Waals surface area contributed by atoms with E-state index in [1.54, 1.807) is 31.2 Å². The van der Waals surface area contributed by atoms with E-state index in [9.17, 15) is 23.1 Å². The van der Waals surface area contributed by atoms with Gasteiger partial charge in [0.2, 0.25) is 15.9 Å². The fraction of sp³-hybridized carbons (Fsp3) is 0.429. The number of sulfonamides is 1. The molecular weight excluding hydrogens is 344 g/mol. The Bertz CT molecular complexity index is 736. The average molecular weight is 361 g/mol. The molecule has 1 fully saturated rings. The molecule has 1 aliphatic heterocycles. The van der Waals surface area contributed by atoms with E-state index in [1.165, 1.54) is 4.90 Å². The lowest BCUT2D eigenvalue weighted by Gasteiger charge is -2.44. The maximum atomic E-state index is 12.3. The largest absolute Gasteiger partial charge is 0.480 e. The molecular formula is C14H17ClN2O5S. The van der Waals surface area contributed by atoms with Crippen LogP contribution in [0.5, 0.6) is 0 Å². The lowest BCUT2D eigenvalue weighted by molar-refractivity contribution is -0.152. The zero-order chi connectivity index (χ0) is 17.4. The zero-order valence-corrected chi connectivity index (χ0v) is 14.2. The molecule has 1 saturated heterocycles. The highest BCUT2D eigenvalue weighted by atomic mass is 35.5. The number of carboxylic acid groups (broad SMARTS) is 1. The highest BCUT2D eigenvalue weighted by Gasteiger charge is 2.48. The predicted molar refractivity (Wildman–Crippen MR) is 84.6 cm³/mol. The number of aliphatic carboxylic acids is 1. The standard InChI is InChI=1S/C14H17ClN2O5S/c1-3-16-11(18)8-17(23(2,21)22)13(14(19)20)12(16)9-5-4-6-10(15)7-9/h4-7,12-13H,3,8H2,1-2H3,(H,19,20)/t12-,13+/m1/s1. The summed E-state index contributed by atoms with van der Waals surface area (Å²) >= 11 is 5.96. The fourth-order valence-corrected chi connectivity index (χ4v) is 3.97. The third kappa shape index (κ3) is 3.49. The van der Waals surface area contributed by atoms with Gasteiger partial charge in [-0.15, -0.1) is 0 Å². The topological polar surface area (TPSA) is 95.0 Å². The van der Waals surface area contributed by atoms with Crippen LogP contribution >= 0.6 is 11.6 Å². The summed E-state index contributed by atoms with van der Waals surface area (Å²) in [5, 5.41) is 9.98. The van der Waals surface area contributed by atoms with Gasteiger partial charge in [-0.1, -0.05) is 23.7 Å². The van der Waals surface area contributed by atoms with Crippen LogP contribution in [0, 0.1) is 0 Å². The third-order valence-corrected chi connectivity index (χ3v) is 5.21. The van der Waals surface area contributed by atoms with Crippen LogP contribution in [0.1, 0.15) is 18.5 Å². The molecule has 1 aromatic rings. The highest BCUT2D eigenvalue weighted by Crippen LogP contribution is 2.34. The number of halogens is 1. The minimum atomic E-state index is -3.86. The minimum Gasteiger partial charge on any atom is -0.480 e. The second kappa shape index (κ2) is 6.46. The molecule has 9 heteroatoms. The molecule has 0 bridgehead atoms. The monoisotopic (exact) mass is 360 g/mol. The number of likely N-dealkylation sites (N-methyl/N-ethyl adjacent to an activating group) is 1. The number of nitrogens with zero attached hydrogens (tertiary/aromatic N) is 2. The molecule has 1 aromatic carbocycles. The smallest absolute Gasteiger partial charge is 0.324 e. The maximum absolute atomic E-state index is 12.3. The number of piperazine rings is 1. The first-order chi connectivity index (χ1) is 10.7. The van der Waals surface area contributed by atoms with Gasteiger partial charge in [0.25, 0.3) is 0 Å². The van der Waals surface area contributed by atoms with Crippen molar-refractivity contribution in [2.75, 3.05) is 19.3 Å². The van der Waals surface area contributed by atoms with Gasteiger partial charge in [-0.2, -0.15) is 4.31 Å². The van der Waals surface area contributed by atoms with Crippen LogP contribution in [0.3, 0.4) is 0 Å². The van der Waals surface area contributed by atoms with Gasteiger partial charge in [0.05, 0.1) is 18.8 Å². The van der Waals surface area contributed by atoms with Crippen LogP contribution in [0.4, 0.5) is 0 Å². The van der Waals surface area contributed by atoms with Crippen molar-refractivity contribution in [1.29, 1.82) is 0 Å². The molecule has 2 rings (SSSR count). The first-order valence-corrected chi connectivity index (χ1v) is 9.14. The van der Waals surface area contributed by atoms with Crippen molar-refractivity contribution in [2.24, 2.45) is 0 Å². The molecule has 0 unspecified atom stereocenters. The van der Waals surface area contributed by atoms with Gasteiger partial charge in [-0.05, 0) is 24.6 Å². The Morgan fingerprint density at radius 3 is 2.57 bits per heavy atom. The summed E-state index contributed by atoms with van der Waals surface area (Å²) in [6.07, 6.45) is 0.896. The molecule has 1 heterocycles. The van der Waals surface area contributed by atoms with Gasteiger partial charge < -0.3 is 10.0 Å². The third-order valence-electron chi connectivity index (χ3n) is 3.77. The summed E-state index contributed by atoms with van der Waals surface area (Å²) in [6.45, 7) is 1.49. The molecule has 126 valence electrons. The molecule has 0 aromatic heterocycles. The number of hydrogen-bond acceptors (Lipinski definition) is 4. The number of rotatable bonds is 4. The summed E-state index contributed by atoms with van der Waals surface area (Å²) < 4.78 is 24.6. The van der Waals surface area contributed by atoms with Gasteiger partial charge in [0.15, 0.2) is 0 Å². The van der Waals surface area contributed by atoms with E-state index in [0.717, 1.165) is 10.6 Å². The van der Waals surface area contributed by atoms with Crippen molar-refractivity contribution in [1.82, 2.24) is 9.21 Å². The van der Waals surface area contributed by atoms with E-state index in [2.05, 4.69) is 0 Å². The Labute approximate surface area is 139 Å². The van der Waals surface area contributed by atoms with E-state index in [4.69, 9.17) is 11.6 Å². The summed E-state index contributed by atoms with van der Waals surface area (Å²) in [7, 11) is -3.86. The average Bonchev–Trinajstić information content (AvgIpc) is 2.44. The lowest BCUT2D eigenvalue weighted by atomic mass is 9.95. The SMILES string of the molecule is CCN1C(=O)CN(S(C)(=O)=O)[C@H](C(=O)O)[C@H]1c1cccc(Cl)c1. The van der Waals surface area contributed by atoms with Crippen molar-refractivity contribution in [3.8, 4) is 0 Å². The van der Waals surface area contributed by atoms with Gasteiger partial charge in [-0.3, -0.25) is 9.59 Å². The lowest BCUT2D eigenvalue weighted by Crippen LogP contribution is -2.61. The Morgan fingerprint density at radius 1 is 1.43 bits per heavy atom. The Balaban J connectivity index is 2.63. The van der Waals surface area contributed by atoms with Crippen LogP contribution in [0.25, 0.3) is 0 Å². The second-order valence-corrected chi connectivity index (χ2v) is 7.64. The molecule has 7 nitrogen and oxygen atoms in total. The van der Waals surface area contributed by atoms with Crippen molar-refractivity contribution in [3.05, 3.63) is 34.9 Å². The predicted octanol–water partition coefficient (Wildman–Crippen LogP) is 0.958. The van der Waals surface area contributed by atoms with E-state index < -0.39 is 40.5 Å². The van der Waals surface area contributed by atoms with Crippen molar-refractivity contribution in [3.63, 3.8) is 0 Å². The molecule has 0 radical (unpaired) electrons. The fourth-order valence-electron chi connectivity index (χ4n) is 2.81. The number of benzene rings is 1. The van der Waals surface area contributed by atoms with E-state index in [1.807, 2.05) is 0 Å². The van der Waals surface area contributed by atoms with Crippen molar-refractivity contribution in [2.45, 2.75) is 19.0 Å². The molecule has 0 aliphatic carbocycles. The van der Waals surface area contributed by atoms with Gasteiger partial charge in [-0.25, -0.2) is 8.42 Å². The quantitative estimate of drug-likeness (QED) is 0.862. The van der Waals surface area contributed by atoms with Gasteiger partial charge >= 0.3 is 5.97 Å². The summed E-state index contributed by atoms with van der Waals surface area (Å²) in [5.41, 5.74) is 0.480. The second-order valence-electron chi connectivity index (χ2n) is 5.27. The molecule has 0 saturated carbocycles. The first kappa shape index (κ1) is 17.7. The number of carboxylic acids is 1. The molecule has 23 heavy (non-hydrogen) atoms. The Hall–Kier alpha value is -1.64. The van der Waals surface area contributed by atoms with Crippen LogP contribution < -0.4 is 0 Å². The molecule has 1 N–H and O–H groups in total. The number of carbonyl (C=O) groups is 2. The van der Waals surface area contributed by atoms with Crippen LogP contribution in [0.2, 0.25) is 5.02 Å². The molecule has 0 spiro atoms.